The van der Waals surface area contributed by atoms with E-state index in [1.165, 1.54) is 0 Å². The molecule has 0 atom stereocenters. The summed E-state index contributed by atoms with van der Waals surface area (Å²) in [7, 11) is 0. The van der Waals surface area contributed by atoms with Crippen LogP contribution in [0, 0.1) is 5.92 Å². The molecule has 1 amide bonds. The van der Waals surface area contributed by atoms with Crippen LogP contribution in [0.4, 0.5) is 11.4 Å². The highest BCUT2D eigenvalue weighted by Crippen LogP contribution is 2.23. The molecule has 0 saturated carbocycles. The number of para-hydroxylation sites is 1. The lowest BCUT2D eigenvalue weighted by Gasteiger charge is -2.10. The quantitative estimate of drug-likeness (QED) is 0.539. The highest BCUT2D eigenvalue weighted by Gasteiger charge is 2.08. The molecule has 0 unspecified atom stereocenters. The summed E-state index contributed by atoms with van der Waals surface area (Å²) in [6.45, 7) is 5.22. The molecule has 0 fully saturated rings. The van der Waals surface area contributed by atoms with Crippen molar-refractivity contribution < 1.29 is 9.53 Å². The van der Waals surface area contributed by atoms with Gasteiger partial charge in [0.25, 0.3) is 5.91 Å². The van der Waals surface area contributed by atoms with Gasteiger partial charge in [-0.2, -0.15) is 0 Å². The van der Waals surface area contributed by atoms with Gasteiger partial charge in [0.1, 0.15) is 11.5 Å². The molecule has 2 aromatic carbocycles. The van der Waals surface area contributed by atoms with E-state index in [4.69, 9.17) is 4.74 Å². The maximum Gasteiger partial charge on any atom is 0.257 e. The number of hydrogen-bond acceptors (Lipinski definition) is 4. The standard InChI is InChI=1S/C23H25N3O2/c1-17(2)12-13-25-20-14-18(15-24-16-20)23(27)26-19-8-10-22(11-9-19)28-21-6-4-3-5-7-21/h3-11,14-17,25H,12-13H2,1-2H3,(H,26,27). The van der Waals surface area contributed by atoms with Gasteiger partial charge < -0.3 is 15.4 Å². The number of pyridine rings is 1. The van der Waals surface area contributed by atoms with E-state index in [1.807, 2.05) is 60.7 Å². The van der Waals surface area contributed by atoms with E-state index in [1.54, 1.807) is 12.4 Å². The van der Waals surface area contributed by atoms with E-state index in [9.17, 15) is 4.79 Å². The molecule has 3 aromatic rings. The van der Waals surface area contributed by atoms with Gasteiger partial charge in [-0.1, -0.05) is 32.0 Å². The van der Waals surface area contributed by atoms with Gasteiger partial charge in [0, 0.05) is 24.6 Å². The first-order valence-corrected chi connectivity index (χ1v) is 9.43. The van der Waals surface area contributed by atoms with Crippen LogP contribution < -0.4 is 15.4 Å². The highest BCUT2D eigenvalue weighted by atomic mass is 16.5. The van der Waals surface area contributed by atoms with Crippen LogP contribution in [0.5, 0.6) is 11.5 Å². The molecule has 0 aliphatic rings. The van der Waals surface area contributed by atoms with Gasteiger partial charge in [-0.25, -0.2) is 0 Å². The second-order valence-corrected chi connectivity index (χ2v) is 6.97. The zero-order valence-electron chi connectivity index (χ0n) is 16.2. The second kappa shape index (κ2) is 9.55. The average Bonchev–Trinajstić information content (AvgIpc) is 2.70. The average molecular weight is 375 g/mol. The number of carbonyl (C=O) groups is 1. The zero-order chi connectivity index (χ0) is 19.8. The van der Waals surface area contributed by atoms with Crippen molar-refractivity contribution in [2.45, 2.75) is 20.3 Å². The van der Waals surface area contributed by atoms with Crippen LogP contribution in [-0.2, 0) is 0 Å². The molecule has 0 saturated heterocycles. The topological polar surface area (TPSA) is 63.2 Å². The molecule has 0 aliphatic carbocycles. The summed E-state index contributed by atoms with van der Waals surface area (Å²) in [5.41, 5.74) is 2.06. The third-order valence-electron chi connectivity index (χ3n) is 4.14. The molecule has 5 heteroatoms. The number of rotatable bonds is 8. The number of aromatic nitrogens is 1. The van der Waals surface area contributed by atoms with Gasteiger partial charge in [0.2, 0.25) is 0 Å². The van der Waals surface area contributed by atoms with Crippen molar-refractivity contribution in [2.75, 3.05) is 17.2 Å². The summed E-state index contributed by atoms with van der Waals surface area (Å²) < 4.78 is 5.76. The first kappa shape index (κ1) is 19.4. The molecule has 1 aromatic heterocycles. The monoisotopic (exact) mass is 375 g/mol. The lowest BCUT2D eigenvalue weighted by Crippen LogP contribution is -2.13. The number of amides is 1. The fourth-order valence-electron chi connectivity index (χ4n) is 2.60. The van der Waals surface area contributed by atoms with Crippen molar-refractivity contribution in [3.05, 3.63) is 78.6 Å². The van der Waals surface area contributed by atoms with Crippen LogP contribution in [0.2, 0.25) is 0 Å². The van der Waals surface area contributed by atoms with Gasteiger partial charge >= 0.3 is 0 Å². The number of nitrogens with one attached hydrogen (secondary N) is 2. The van der Waals surface area contributed by atoms with Gasteiger partial charge in [-0.05, 0) is 54.8 Å². The van der Waals surface area contributed by atoms with E-state index < -0.39 is 0 Å². The van der Waals surface area contributed by atoms with Crippen LogP contribution in [-0.4, -0.2) is 17.4 Å². The summed E-state index contributed by atoms with van der Waals surface area (Å²) in [4.78, 5) is 16.7. The van der Waals surface area contributed by atoms with Crippen LogP contribution in [0.1, 0.15) is 30.6 Å². The Bertz CT molecular complexity index is 893. The van der Waals surface area contributed by atoms with Gasteiger partial charge in [-0.15, -0.1) is 0 Å². The maximum atomic E-state index is 12.5. The number of ether oxygens (including phenoxy) is 1. The van der Waals surface area contributed by atoms with Crippen molar-refractivity contribution >= 4 is 17.3 Å². The van der Waals surface area contributed by atoms with E-state index in [0.717, 1.165) is 24.4 Å². The molecule has 3 rings (SSSR count). The molecule has 28 heavy (non-hydrogen) atoms. The summed E-state index contributed by atoms with van der Waals surface area (Å²) >= 11 is 0. The molecular weight excluding hydrogens is 350 g/mol. The molecule has 2 N–H and O–H groups in total. The summed E-state index contributed by atoms with van der Waals surface area (Å²) in [6.07, 6.45) is 4.36. The van der Waals surface area contributed by atoms with Crippen molar-refractivity contribution in [1.82, 2.24) is 4.98 Å². The Morgan fingerprint density at radius 1 is 0.964 bits per heavy atom. The molecule has 5 nitrogen and oxygen atoms in total. The van der Waals surface area contributed by atoms with E-state index >= 15 is 0 Å². The Hall–Kier alpha value is -3.34. The molecule has 1 heterocycles. The second-order valence-electron chi connectivity index (χ2n) is 6.97. The first-order chi connectivity index (χ1) is 13.6. The fraction of sp³-hybridized carbons (Fsp3) is 0.217. The first-order valence-electron chi connectivity index (χ1n) is 9.43. The SMILES string of the molecule is CC(C)CCNc1cncc(C(=O)Nc2ccc(Oc3ccccc3)cc2)c1. The third-order valence-corrected chi connectivity index (χ3v) is 4.14. The lowest BCUT2D eigenvalue weighted by atomic mass is 10.1. The molecular formula is C23H25N3O2. The summed E-state index contributed by atoms with van der Waals surface area (Å²) in [6, 6.07) is 18.7. The van der Waals surface area contributed by atoms with Crippen LogP contribution in [0.3, 0.4) is 0 Å². The normalized spacial score (nSPS) is 10.5. The van der Waals surface area contributed by atoms with Crippen LogP contribution in [0.25, 0.3) is 0 Å². The van der Waals surface area contributed by atoms with E-state index in [0.29, 0.717) is 22.9 Å². The van der Waals surface area contributed by atoms with Crippen LogP contribution in [0.15, 0.2) is 73.1 Å². The minimum absolute atomic E-state index is 0.197. The molecule has 0 bridgehead atoms. The fourth-order valence-corrected chi connectivity index (χ4v) is 2.60. The highest BCUT2D eigenvalue weighted by molar-refractivity contribution is 6.04. The minimum atomic E-state index is -0.197. The van der Waals surface area contributed by atoms with Crippen molar-refractivity contribution in [1.29, 1.82) is 0 Å². The largest absolute Gasteiger partial charge is 0.457 e. The Labute approximate surface area is 165 Å². The van der Waals surface area contributed by atoms with E-state index in [-0.39, 0.29) is 5.91 Å². The van der Waals surface area contributed by atoms with Crippen molar-refractivity contribution in [2.24, 2.45) is 5.92 Å². The van der Waals surface area contributed by atoms with Gasteiger partial charge in [0.15, 0.2) is 0 Å². The Morgan fingerprint density at radius 3 is 2.39 bits per heavy atom. The predicted octanol–water partition coefficient (Wildman–Crippen LogP) is 5.58. The summed E-state index contributed by atoms with van der Waals surface area (Å²) in [5.74, 6) is 1.91. The Morgan fingerprint density at radius 2 is 1.68 bits per heavy atom. The Balaban J connectivity index is 1.58. The zero-order valence-corrected chi connectivity index (χ0v) is 16.2. The minimum Gasteiger partial charge on any atom is -0.457 e. The van der Waals surface area contributed by atoms with Crippen LogP contribution >= 0.6 is 0 Å². The molecule has 0 aliphatic heterocycles. The number of anilines is 2. The number of nitrogens with zero attached hydrogens (tertiary/aromatic N) is 1. The van der Waals surface area contributed by atoms with Gasteiger partial charge in [0.05, 0.1) is 11.3 Å². The third kappa shape index (κ3) is 5.84. The molecule has 0 radical (unpaired) electrons. The van der Waals surface area contributed by atoms with Crippen molar-refractivity contribution in [3.63, 3.8) is 0 Å². The summed E-state index contributed by atoms with van der Waals surface area (Å²) in [5, 5.41) is 6.20. The van der Waals surface area contributed by atoms with Crippen molar-refractivity contribution in [3.8, 4) is 11.5 Å². The predicted molar refractivity (Wildman–Crippen MR) is 113 cm³/mol. The molecule has 144 valence electrons. The smallest absolute Gasteiger partial charge is 0.257 e. The Kier molecular flexibility index (Phi) is 6.63. The number of benzene rings is 2. The number of carbonyl (C=O) groups excluding carboxylic acids is 1. The lowest BCUT2D eigenvalue weighted by molar-refractivity contribution is 0.102. The van der Waals surface area contributed by atoms with E-state index in [2.05, 4.69) is 29.5 Å². The molecule has 0 spiro atoms. The van der Waals surface area contributed by atoms with Gasteiger partial charge in [-0.3, -0.25) is 9.78 Å². The maximum absolute atomic E-state index is 12.5. The number of hydrogen-bond donors (Lipinski definition) is 2.